The lowest BCUT2D eigenvalue weighted by Crippen LogP contribution is -2.48. The molecule has 1 aromatic rings. The van der Waals surface area contributed by atoms with E-state index in [1.165, 1.54) is 18.2 Å². The molecule has 2 saturated carbocycles. The van der Waals surface area contributed by atoms with Gasteiger partial charge >= 0.3 is 0 Å². The molecule has 0 N–H and O–H groups in total. The molecule has 146 valence electrons. The van der Waals surface area contributed by atoms with Crippen molar-refractivity contribution in [2.24, 2.45) is 16.7 Å². The van der Waals surface area contributed by atoms with Crippen LogP contribution in [0.5, 0.6) is 0 Å². The van der Waals surface area contributed by atoms with E-state index in [-0.39, 0.29) is 22.0 Å². The summed E-state index contributed by atoms with van der Waals surface area (Å²) in [5.74, 6) is 1.35. The number of alkyl halides is 2. The number of benzene rings is 1. The van der Waals surface area contributed by atoms with Gasteiger partial charge in [0, 0.05) is 11.2 Å². The number of ether oxygens (including phenoxy) is 1. The van der Waals surface area contributed by atoms with Crippen molar-refractivity contribution in [3.63, 3.8) is 0 Å². The highest BCUT2D eigenvalue weighted by molar-refractivity contribution is 8.14. The predicted octanol–water partition coefficient (Wildman–Crippen LogP) is 6.12. The normalized spacial score (nSPS) is 40.9. The van der Waals surface area contributed by atoms with E-state index < -0.39 is 9.75 Å². The molecule has 0 aromatic heterocycles. The number of allylic oxidation sites excluding steroid dienone is 1. The Hall–Kier alpha value is -0.640. The van der Waals surface area contributed by atoms with E-state index in [0.29, 0.717) is 11.7 Å². The zero-order chi connectivity index (χ0) is 19.5. The Morgan fingerprint density at radius 3 is 2.52 bits per heavy atom. The van der Waals surface area contributed by atoms with Crippen LogP contribution in [0.25, 0.3) is 0 Å². The van der Waals surface area contributed by atoms with Crippen LogP contribution in [0.15, 0.2) is 42.7 Å². The van der Waals surface area contributed by atoms with E-state index in [0.717, 1.165) is 18.4 Å². The van der Waals surface area contributed by atoms with Crippen molar-refractivity contribution in [3.8, 4) is 0 Å². The third kappa shape index (κ3) is 2.64. The highest BCUT2D eigenvalue weighted by atomic mass is 35.5. The maximum atomic E-state index is 13.2. The molecular formula is C22H26Cl2O2S. The van der Waals surface area contributed by atoms with Crippen LogP contribution in [0.3, 0.4) is 0 Å². The molecule has 2 nitrogen and oxygen atoms in total. The fraction of sp³-hybridized carbons (Fsp3) is 0.591. The lowest BCUT2D eigenvalue weighted by atomic mass is 9.69. The molecule has 5 heteroatoms. The molecule has 3 aliphatic rings. The summed E-state index contributed by atoms with van der Waals surface area (Å²) in [5.41, 5.74) is 0.167. The van der Waals surface area contributed by atoms with Crippen LogP contribution in [-0.4, -0.2) is 21.3 Å². The van der Waals surface area contributed by atoms with Crippen molar-refractivity contribution >= 4 is 40.1 Å². The molecule has 0 saturated heterocycles. The van der Waals surface area contributed by atoms with Gasteiger partial charge in [-0.1, -0.05) is 79.1 Å². The molecule has 1 spiro atoms. The smallest absolute Gasteiger partial charge is 0.226 e. The van der Waals surface area contributed by atoms with Crippen molar-refractivity contribution in [2.75, 3.05) is 5.75 Å². The number of carbonyl (C=O) groups excluding carboxylic acids is 1. The third-order valence-electron chi connectivity index (χ3n) is 7.74. The molecule has 4 atom stereocenters. The number of hydrogen-bond acceptors (Lipinski definition) is 3. The van der Waals surface area contributed by atoms with Gasteiger partial charge in [-0.3, -0.25) is 4.79 Å². The minimum atomic E-state index is -1.58. The molecule has 2 fully saturated rings. The third-order valence-corrected chi connectivity index (χ3v) is 10.3. The Morgan fingerprint density at radius 2 is 1.85 bits per heavy atom. The number of halogens is 2. The maximum Gasteiger partial charge on any atom is 0.226 e. The van der Waals surface area contributed by atoms with E-state index in [4.69, 9.17) is 27.9 Å². The van der Waals surface area contributed by atoms with Crippen LogP contribution in [0.4, 0.5) is 0 Å². The Labute approximate surface area is 176 Å². The second-order valence-electron chi connectivity index (χ2n) is 9.00. The molecule has 27 heavy (non-hydrogen) atoms. The van der Waals surface area contributed by atoms with Crippen molar-refractivity contribution in [1.29, 1.82) is 0 Å². The minimum Gasteiger partial charge on any atom is -0.498 e. The average molecular weight is 425 g/mol. The van der Waals surface area contributed by atoms with Gasteiger partial charge in [-0.05, 0) is 49.2 Å². The second-order valence-corrected chi connectivity index (χ2v) is 11.3. The van der Waals surface area contributed by atoms with Gasteiger partial charge < -0.3 is 4.74 Å². The van der Waals surface area contributed by atoms with Gasteiger partial charge in [0.25, 0.3) is 0 Å². The largest absolute Gasteiger partial charge is 0.498 e. The van der Waals surface area contributed by atoms with Crippen molar-refractivity contribution < 1.29 is 9.53 Å². The van der Waals surface area contributed by atoms with Crippen LogP contribution < -0.4 is 0 Å². The fourth-order valence-corrected chi connectivity index (χ4v) is 7.62. The SMILES string of the molecule is CC1(C)[C@@H]2CC[C@]13CSC(=O)C(Cl)(Cl)[C@](C)(c1ccccc1)/C=C/O[C@@H]3C2. The summed E-state index contributed by atoms with van der Waals surface area (Å²) < 4.78 is 4.75. The minimum absolute atomic E-state index is 0.00726. The number of rotatable bonds is 1. The van der Waals surface area contributed by atoms with Gasteiger partial charge in [-0.15, -0.1) is 0 Å². The average Bonchev–Trinajstić information content (AvgIpc) is 3.01. The van der Waals surface area contributed by atoms with Crippen molar-refractivity contribution in [1.82, 2.24) is 0 Å². The maximum absolute atomic E-state index is 13.2. The summed E-state index contributed by atoms with van der Waals surface area (Å²) in [4.78, 5) is 13.2. The topological polar surface area (TPSA) is 26.3 Å². The van der Waals surface area contributed by atoms with Crippen LogP contribution in [0.1, 0.15) is 45.6 Å². The summed E-state index contributed by atoms with van der Waals surface area (Å²) in [6.45, 7) is 6.57. The van der Waals surface area contributed by atoms with E-state index >= 15 is 0 Å². The van der Waals surface area contributed by atoms with E-state index in [9.17, 15) is 4.79 Å². The summed E-state index contributed by atoms with van der Waals surface area (Å²) in [6.07, 6.45) is 7.12. The second kappa shape index (κ2) is 6.43. The van der Waals surface area contributed by atoms with E-state index in [1.54, 1.807) is 6.26 Å². The zero-order valence-electron chi connectivity index (χ0n) is 16.0. The molecule has 4 rings (SSSR count). The predicted molar refractivity (Wildman–Crippen MR) is 113 cm³/mol. The Kier molecular flexibility index (Phi) is 4.69. The lowest BCUT2D eigenvalue weighted by molar-refractivity contribution is -0.112. The molecule has 0 radical (unpaired) electrons. The van der Waals surface area contributed by atoms with Crippen LogP contribution in [0, 0.1) is 16.7 Å². The fourth-order valence-electron chi connectivity index (χ4n) is 5.46. The number of carbonyl (C=O) groups is 1. The van der Waals surface area contributed by atoms with Crippen molar-refractivity contribution in [3.05, 3.63) is 48.2 Å². The number of hydrogen-bond donors (Lipinski definition) is 0. The van der Waals surface area contributed by atoms with Gasteiger partial charge in [-0.25, -0.2) is 0 Å². The Morgan fingerprint density at radius 1 is 1.15 bits per heavy atom. The molecule has 1 heterocycles. The first kappa shape index (κ1) is 19.7. The first-order valence-corrected chi connectivity index (χ1v) is 11.3. The molecule has 2 bridgehead atoms. The molecule has 1 aliphatic heterocycles. The Bertz CT molecular complexity index is 776. The first-order valence-electron chi connectivity index (χ1n) is 9.59. The van der Waals surface area contributed by atoms with Gasteiger partial charge in [-0.2, -0.15) is 0 Å². The monoisotopic (exact) mass is 424 g/mol. The van der Waals surface area contributed by atoms with E-state index in [1.807, 2.05) is 43.3 Å². The van der Waals surface area contributed by atoms with Crippen LogP contribution >= 0.6 is 35.0 Å². The highest BCUT2D eigenvalue weighted by Crippen LogP contribution is 2.68. The molecular weight excluding hydrogens is 399 g/mol. The van der Waals surface area contributed by atoms with Gasteiger partial charge in [0.05, 0.1) is 11.7 Å². The summed E-state index contributed by atoms with van der Waals surface area (Å²) >= 11 is 14.8. The highest BCUT2D eigenvalue weighted by Gasteiger charge is 2.65. The van der Waals surface area contributed by atoms with Crippen molar-refractivity contribution in [2.45, 2.75) is 55.9 Å². The van der Waals surface area contributed by atoms with Crippen LogP contribution in [-0.2, 0) is 14.9 Å². The van der Waals surface area contributed by atoms with Gasteiger partial charge in [0.2, 0.25) is 5.12 Å². The number of fused-ring (bicyclic) bond motifs is 1. The summed E-state index contributed by atoms with van der Waals surface area (Å²) in [5, 5.41) is -0.178. The standard InChI is InChI=1S/C22H26Cl2O2S/c1-19(2)16-9-10-21(19)14-27-18(25)22(23,24)20(3,11-12-26-17(21)13-16)15-7-5-4-6-8-15/h4-8,11-12,16-17H,9-10,13-14H2,1-3H3/b12-11+/t16-,17-,20+,21-/m1/s1. The van der Waals surface area contributed by atoms with E-state index in [2.05, 4.69) is 13.8 Å². The summed E-state index contributed by atoms with van der Waals surface area (Å²) in [6, 6.07) is 9.71. The van der Waals surface area contributed by atoms with Crippen LogP contribution in [0.2, 0.25) is 0 Å². The molecule has 0 unspecified atom stereocenters. The summed E-state index contributed by atoms with van der Waals surface area (Å²) in [7, 11) is 0. The zero-order valence-corrected chi connectivity index (χ0v) is 18.3. The first-order chi connectivity index (χ1) is 12.7. The molecule has 2 aliphatic carbocycles. The number of thioether (sulfide) groups is 1. The molecule has 1 aromatic carbocycles. The van der Waals surface area contributed by atoms with Gasteiger partial charge in [0.1, 0.15) is 6.10 Å². The Balaban J connectivity index is 1.77. The van der Waals surface area contributed by atoms with Gasteiger partial charge in [0.15, 0.2) is 4.33 Å². The molecule has 0 amide bonds. The lowest BCUT2D eigenvalue weighted by Gasteiger charge is -2.44. The quantitative estimate of drug-likeness (QED) is 0.508.